The number of amides is 1. The maximum atomic E-state index is 13.0. The van der Waals surface area contributed by atoms with Gasteiger partial charge in [0.2, 0.25) is 11.9 Å². The lowest BCUT2D eigenvalue weighted by Crippen LogP contribution is -2.32. The van der Waals surface area contributed by atoms with Crippen LogP contribution in [0.1, 0.15) is 56.2 Å². The highest BCUT2D eigenvalue weighted by atomic mass is 16.6. The summed E-state index contributed by atoms with van der Waals surface area (Å²) in [4.78, 5) is 35.5. The van der Waals surface area contributed by atoms with Gasteiger partial charge in [-0.15, -0.1) is 0 Å². The number of carbonyl (C=O) groups excluding carboxylic acids is 2. The average Bonchev–Trinajstić information content (AvgIpc) is 3.12. The van der Waals surface area contributed by atoms with E-state index in [0.717, 1.165) is 45.5 Å². The van der Waals surface area contributed by atoms with Crippen molar-refractivity contribution in [1.29, 1.82) is 0 Å². The lowest BCUT2D eigenvalue weighted by atomic mass is 9.91. The number of methoxy groups -OCH3 is 1. The Hall–Kier alpha value is -3.46. The molecule has 1 aliphatic rings. The van der Waals surface area contributed by atoms with Gasteiger partial charge in [0.05, 0.1) is 42.0 Å². The van der Waals surface area contributed by atoms with Crippen LogP contribution in [-0.2, 0) is 25.6 Å². The van der Waals surface area contributed by atoms with Gasteiger partial charge >= 0.3 is 5.97 Å². The number of hydrogen-bond donors (Lipinski definition) is 1. The second kappa shape index (κ2) is 8.96. The second-order valence-corrected chi connectivity index (χ2v) is 9.95. The monoisotopic (exact) mass is 479 g/mol. The Kier molecular flexibility index (Phi) is 6.31. The molecule has 1 amide bonds. The van der Waals surface area contributed by atoms with Crippen LogP contribution in [0.5, 0.6) is 0 Å². The molecule has 0 bridgehead atoms. The maximum absolute atomic E-state index is 13.0. The molecule has 1 atom stereocenters. The number of aromatic nitrogens is 3. The van der Waals surface area contributed by atoms with Crippen LogP contribution >= 0.6 is 0 Å². The molecular formula is C26H33N5O4. The minimum absolute atomic E-state index is 0.180. The summed E-state index contributed by atoms with van der Waals surface area (Å²) < 4.78 is 13.7. The summed E-state index contributed by atoms with van der Waals surface area (Å²) >= 11 is 0. The van der Waals surface area contributed by atoms with Crippen LogP contribution in [0.15, 0.2) is 18.5 Å². The van der Waals surface area contributed by atoms with Crippen LogP contribution in [0.2, 0.25) is 0 Å². The third-order valence-corrected chi connectivity index (χ3v) is 6.26. The van der Waals surface area contributed by atoms with E-state index in [9.17, 15) is 9.59 Å². The van der Waals surface area contributed by atoms with E-state index in [1.54, 1.807) is 12.4 Å². The fraction of sp³-hybridized carbons (Fsp3) is 0.462. The zero-order valence-electron chi connectivity index (χ0n) is 21.6. The van der Waals surface area contributed by atoms with Gasteiger partial charge < -0.3 is 24.3 Å². The standard InChI is InChI=1S/C26H33N5O4/c1-14-11-19-15(2)20(23(24(33)34-8)35-26(5,6)7)16(3)21-22(19)30(14)9-10-31(21)25-27-12-18(13-28-25)29-17(4)32/h11-13,23H,9-10H2,1-8H3,(H,29,32)/t23-/m0/s1. The Morgan fingerprint density at radius 1 is 1.09 bits per heavy atom. The quantitative estimate of drug-likeness (QED) is 0.538. The first-order valence-corrected chi connectivity index (χ1v) is 11.7. The van der Waals surface area contributed by atoms with Gasteiger partial charge in [0.25, 0.3) is 0 Å². The number of nitrogens with zero attached hydrogens (tertiary/aromatic N) is 4. The molecule has 3 aromatic rings. The third kappa shape index (κ3) is 4.48. The smallest absolute Gasteiger partial charge is 0.339 e. The predicted molar refractivity (Wildman–Crippen MR) is 135 cm³/mol. The summed E-state index contributed by atoms with van der Waals surface area (Å²) in [7, 11) is 1.38. The second-order valence-electron chi connectivity index (χ2n) is 9.95. The third-order valence-electron chi connectivity index (χ3n) is 6.26. The van der Waals surface area contributed by atoms with Crippen molar-refractivity contribution >= 4 is 40.1 Å². The molecule has 4 rings (SSSR count). The molecule has 9 heteroatoms. The molecule has 0 radical (unpaired) electrons. The van der Waals surface area contributed by atoms with Crippen molar-refractivity contribution in [3.8, 4) is 0 Å². The number of rotatable bonds is 5. The fourth-order valence-electron chi connectivity index (χ4n) is 4.89. The summed E-state index contributed by atoms with van der Waals surface area (Å²) in [5.41, 5.74) is 5.86. The summed E-state index contributed by atoms with van der Waals surface area (Å²) in [5.74, 6) is -0.0945. The van der Waals surface area contributed by atoms with E-state index in [-0.39, 0.29) is 5.91 Å². The Balaban J connectivity index is 1.95. The zero-order valence-corrected chi connectivity index (χ0v) is 21.6. The lowest BCUT2D eigenvalue weighted by molar-refractivity contribution is -0.164. The van der Waals surface area contributed by atoms with E-state index in [2.05, 4.69) is 37.7 Å². The number of benzene rings is 1. The van der Waals surface area contributed by atoms with Gasteiger partial charge in [-0.3, -0.25) is 4.79 Å². The number of anilines is 3. The van der Waals surface area contributed by atoms with Crippen molar-refractivity contribution in [3.63, 3.8) is 0 Å². The molecule has 0 aliphatic carbocycles. The van der Waals surface area contributed by atoms with E-state index in [1.165, 1.54) is 14.0 Å². The minimum Gasteiger partial charge on any atom is -0.467 e. The van der Waals surface area contributed by atoms with Gasteiger partial charge in [-0.1, -0.05) is 0 Å². The molecule has 1 aliphatic heterocycles. The van der Waals surface area contributed by atoms with Crippen molar-refractivity contribution in [2.45, 2.75) is 66.7 Å². The normalized spacial score (nSPS) is 14.2. The number of carbonyl (C=O) groups is 2. The molecule has 0 fully saturated rings. The predicted octanol–water partition coefficient (Wildman–Crippen LogP) is 4.50. The van der Waals surface area contributed by atoms with Crippen molar-refractivity contribution in [2.75, 3.05) is 23.9 Å². The van der Waals surface area contributed by atoms with Gasteiger partial charge in [0.15, 0.2) is 6.10 Å². The fourth-order valence-corrected chi connectivity index (χ4v) is 4.89. The highest BCUT2D eigenvalue weighted by Gasteiger charge is 2.35. The first-order valence-electron chi connectivity index (χ1n) is 11.7. The Bertz CT molecular complexity index is 1300. The van der Waals surface area contributed by atoms with Crippen LogP contribution in [0.3, 0.4) is 0 Å². The molecule has 9 nitrogen and oxygen atoms in total. The van der Waals surface area contributed by atoms with Crippen LogP contribution in [0.4, 0.5) is 17.3 Å². The Morgan fingerprint density at radius 2 is 1.74 bits per heavy atom. The van der Waals surface area contributed by atoms with E-state index in [4.69, 9.17) is 9.47 Å². The number of nitrogens with one attached hydrogen (secondary N) is 1. The SMILES string of the molecule is COC(=O)[C@@H](OC(C)(C)C)c1c(C)c2c3c(cc(C)n3CCN2c2ncc(NC(C)=O)cn2)c1C. The largest absolute Gasteiger partial charge is 0.467 e. The first-order chi connectivity index (χ1) is 16.4. The maximum Gasteiger partial charge on any atom is 0.339 e. The lowest BCUT2D eigenvalue weighted by Gasteiger charge is -2.34. The van der Waals surface area contributed by atoms with Gasteiger partial charge in [0, 0.05) is 36.7 Å². The average molecular weight is 480 g/mol. The van der Waals surface area contributed by atoms with Crippen molar-refractivity contribution in [3.05, 3.63) is 40.8 Å². The minimum atomic E-state index is -0.879. The van der Waals surface area contributed by atoms with Crippen molar-refractivity contribution in [2.24, 2.45) is 0 Å². The highest BCUT2D eigenvalue weighted by Crippen LogP contribution is 2.45. The molecule has 2 aromatic heterocycles. The Labute approximate surface area is 205 Å². The first kappa shape index (κ1) is 24.7. The Morgan fingerprint density at radius 3 is 2.31 bits per heavy atom. The van der Waals surface area contributed by atoms with Crippen molar-refractivity contribution < 1.29 is 19.1 Å². The molecular weight excluding hydrogens is 446 g/mol. The van der Waals surface area contributed by atoms with Gasteiger partial charge in [-0.05, 0) is 58.7 Å². The summed E-state index contributed by atoms with van der Waals surface area (Å²) in [5, 5.41) is 3.76. The molecule has 1 aromatic carbocycles. The van der Waals surface area contributed by atoms with Crippen LogP contribution in [-0.4, -0.2) is 45.7 Å². The number of ether oxygens (including phenoxy) is 2. The summed E-state index contributed by atoms with van der Waals surface area (Å²) in [6, 6.07) is 2.16. The van der Waals surface area contributed by atoms with Gasteiger partial charge in [0.1, 0.15) is 0 Å². The highest BCUT2D eigenvalue weighted by molar-refractivity contribution is 6.01. The number of aryl methyl sites for hydroxylation is 2. The van der Waals surface area contributed by atoms with E-state index in [1.807, 2.05) is 34.6 Å². The summed E-state index contributed by atoms with van der Waals surface area (Å²) in [6.45, 7) is 14.8. The topological polar surface area (TPSA) is 98.6 Å². The van der Waals surface area contributed by atoms with Crippen LogP contribution in [0, 0.1) is 20.8 Å². The molecule has 186 valence electrons. The molecule has 35 heavy (non-hydrogen) atoms. The molecule has 0 saturated carbocycles. The molecule has 3 heterocycles. The molecule has 0 unspecified atom stereocenters. The van der Waals surface area contributed by atoms with E-state index >= 15 is 0 Å². The molecule has 1 N–H and O–H groups in total. The van der Waals surface area contributed by atoms with E-state index < -0.39 is 17.7 Å². The number of hydrogen-bond acceptors (Lipinski definition) is 7. The van der Waals surface area contributed by atoms with E-state index in [0.29, 0.717) is 18.2 Å². The van der Waals surface area contributed by atoms with Crippen LogP contribution in [0.25, 0.3) is 10.9 Å². The van der Waals surface area contributed by atoms with Gasteiger partial charge in [-0.25, -0.2) is 14.8 Å². The molecule has 0 saturated heterocycles. The van der Waals surface area contributed by atoms with Crippen molar-refractivity contribution in [1.82, 2.24) is 14.5 Å². The zero-order chi connectivity index (χ0) is 25.7. The summed E-state index contributed by atoms with van der Waals surface area (Å²) in [6.07, 6.45) is 2.32. The van der Waals surface area contributed by atoms with Crippen LogP contribution < -0.4 is 10.2 Å². The van der Waals surface area contributed by atoms with Gasteiger partial charge in [-0.2, -0.15) is 0 Å². The number of esters is 1. The molecule has 0 spiro atoms.